The highest BCUT2D eigenvalue weighted by Crippen LogP contribution is 2.30. The van der Waals surface area contributed by atoms with Crippen molar-refractivity contribution in [2.24, 2.45) is 5.92 Å². The minimum atomic E-state index is -0.268. The maximum Gasteiger partial charge on any atom is 0.231 e. The minimum absolute atomic E-state index is 0. The number of carbonyl (C=O) groups excluding carboxylic acids is 1. The van der Waals surface area contributed by atoms with E-state index in [1.54, 1.807) is 11.0 Å². The van der Waals surface area contributed by atoms with Gasteiger partial charge in [-0.15, -0.1) is 12.4 Å². The standard InChI is InChI=1S/C14H17FN2O.ClH/c15-12-4-3-10-5-7-17(13(10)8-12)14(18)11-2-1-6-16-9-11;/h3-4,8,11,16H,1-2,5-7,9H2;1H. The van der Waals surface area contributed by atoms with Gasteiger partial charge < -0.3 is 10.2 Å². The number of fused-ring (bicyclic) bond motifs is 1. The first-order valence-electron chi connectivity index (χ1n) is 6.56. The van der Waals surface area contributed by atoms with Crippen LogP contribution in [0.4, 0.5) is 10.1 Å². The Morgan fingerprint density at radius 2 is 2.26 bits per heavy atom. The Kier molecular flexibility index (Phi) is 4.42. The van der Waals surface area contributed by atoms with Gasteiger partial charge in [0.15, 0.2) is 0 Å². The third-order valence-corrected chi connectivity index (χ3v) is 3.86. The molecular weight excluding hydrogens is 267 g/mol. The lowest BCUT2D eigenvalue weighted by Crippen LogP contribution is -2.42. The second-order valence-corrected chi connectivity index (χ2v) is 5.06. The molecule has 1 unspecified atom stereocenters. The highest BCUT2D eigenvalue weighted by Gasteiger charge is 2.31. The second-order valence-electron chi connectivity index (χ2n) is 5.06. The van der Waals surface area contributed by atoms with Crippen LogP contribution in [0.2, 0.25) is 0 Å². The van der Waals surface area contributed by atoms with Gasteiger partial charge in [0.1, 0.15) is 5.82 Å². The molecule has 2 aliphatic heterocycles. The summed E-state index contributed by atoms with van der Waals surface area (Å²) in [5.41, 5.74) is 1.85. The van der Waals surface area contributed by atoms with Crippen molar-refractivity contribution in [3.05, 3.63) is 29.6 Å². The molecule has 19 heavy (non-hydrogen) atoms. The number of amides is 1. The van der Waals surface area contributed by atoms with E-state index in [2.05, 4.69) is 5.32 Å². The van der Waals surface area contributed by atoms with Crippen LogP contribution in [0.1, 0.15) is 18.4 Å². The number of benzene rings is 1. The van der Waals surface area contributed by atoms with Gasteiger partial charge in [-0.3, -0.25) is 4.79 Å². The van der Waals surface area contributed by atoms with E-state index in [1.807, 2.05) is 0 Å². The van der Waals surface area contributed by atoms with Crippen molar-refractivity contribution < 1.29 is 9.18 Å². The Labute approximate surface area is 118 Å². The number of hydrogen-bond acceptors (Lipinski definition) is 2. The van der Waals surface area contributed by atoms with Crippen LogP contribution in [0.5, 0.6) is 0 Å². The number of rotatable bonds is 1. The first-order chi connectivity index (χ1) is 8.75. The maximum absolute atomic E-state index is 13.3. The molecular formula is C14H18ClFN2O. The van der Waals surface area contributed by atoms with E-state index < -0.39 is 0 Å². The minimum Gasteiger partial charge on any atom is -0.316 e. The number of nitrogens with one attached hydrogen (secondary N) is 1. The molecule has 1 amide bonds. The maximum atomic E-state index is 13.3. The average molecular weight is 285 g/mol. The lowest BCUT2D eigenvalue weighted by molar-refractivity contribution is -0.122. The Morgan fingerprint density at radius 1 is 1.42 bits per heavy atom. The molecule has 0 aromatic heterocycles. The summed E-state index contributed by atoms with van der Waals surface area (Å²) in [7, 11) is 0. The van der Waals surface area contributed by atoms with E-state index in [1.165, 1.54) is 12.1 Å². The fourth-order valence-corrected chi connectivity index (χ4v) is 2.86. The van der Waals surface area contributed by atoms with Gasteiger partial charge in [0.25, 0.3) is 0 Å². The number of hydrogen-bond donors (Lipinski definition) is 1. The highest BCUT2D eigenvalue weighted by atomic mass is 35.5. The third kappa shape index (κ3) is 2.74. The Bertz CT molecular complexity index is 475. The van der Waals surface area contributed by atoms with Gasteiger partial charge in [0.05, 0.1) is 5.92 Å². The summed E-state index contributed by atoms with van der Waals surface area (Å²) >= 11 is 0. The summed E-state index contributed by atoms with van der Waals surface area (Å²) in [4.78, 5) is 14.2. The number of anilines is 1. The zero-order chi connectivity index (χ0) is 12.5. The van der Waals surface area contributed by atoms with Gasteiger partial charge in [-0.25, -0.2) is 4.39 Å². The van der Waals surface area contributed by atoms with Crippen molar-refractivity contribution in [3.63, 3.8) is 0 Å². The van der Waals surface area contributed by atoms with Crippen LogP contribution < -0.4 is 10.2 Å². The molecule has 104 valence electrons. The van der Waals surface area contributed by atoms with Crippen LogP contribution in [-0.4, -0.2) is 25.5 Å². The van der Waals surface area contributed by atoms with Gasteiger partial charge in [-0.1, -0.05) is 6.07 Å². The van der Waals surface area contributed by atoms with Crippen LogP contribution >= 0.6 is 12.4 Å². The molecule has 1 aromatic rings. The second kappa shape index (κ2) is 5.88. The molecule has 3 nitrogen and oxygen atoms in total. The molecule has 0 bridgehead atoms. The summed E-state index contributed by atoms with van der Waals surface area (Å²) in [5, 5.41) is 3.25. The summed E-state index contributed by atoms with van der Waals surface area (Å²) in [6.07, 6.45) is 2.81. The summed E-state index contributed by atoms with van der Waals surface area (Å²) in [6.45, 7) is 2.43. The molecule has 0 saturated carbocycles. The topological polar surface area (TPSA) is 32.3 Å². The molecule has 3 rings (SSSR count). The fourth-order valence-electron chi connectivity index (χ4n) is 2.86. The molecule has 1 N–H and O–H groups in total. The Morgan fingerprint density at radius 3 is 3.00 bits per heavy atom. The largest absolute Gasteiger partial charge is 0.316 e. The number of halogens is 2. The summed E-state index contributed by atoms with van der Waals surface area (Å²) in [5.74, 6) is -0.0743. The molecule has 0 radical (unpaired) electrons. The quantitative estimate of drug-likeness (QED) is 0.857. The molecule has 2 heterocycles. The van der Waals surface area contributed by atoms with Crippen molar-refractivity contribution in [1.82, 2.24) is 5.32 Å². The Hall–Kier alpha value is -1.13. The van der Waals surface area contributed by atoms with Crippen molar-refractivity contribution in [2.45, 2.75) is 19.3 Å². The van der Waals surface area contributed by atoms with Gasteiger partial charge in [0, 0.05) is 18.8 Å². The predicted octanol–water partition coefficient (Wildman–Crippen LogP) is 2.14. The molecule has 1 saturated heterocycles. The highest BCUT2D eigenvalue weighted by molar-refractivity contribution is 5.97. The van der Waals surface area contributed by atoms with Gasteiger partial charge in [-0.05, 0) is 43.5 Å². The molecule has 5 heteroatoms. The zero-order valence-electron chi connectivity index (χ0n) is 10.7. The summed E-state index contributed by atoms with van der Waals surface area (Å²) < 4.78 is 13.3. The molecule has 1 aromatic carbocycles. The predicted molar refractivity (Wildman–Crippen MR) is 75.3 cm³/mol. The zero-order valence-corrected chi connectivity index (χ0v) is 11.5. The van der Waals surface area contributed by atoms with Crippen LogP contribution in [0.3, 0.4) is 0 Å². The lowest BCUT2D eigenvalue weighted by Gasteiger charge is -2.27. The molecule has 0 spiro atoms. The van der Waals surface area contributed by atoms with Crippen molar-refractivity contribution >= 4 is 24.0 Å². The number of carbonyl (C=O) groups is 1. The number of nitrogens with zero attached hydrogens (tertiary/aromatic N) is 1. The van der Waals surface area contributed by atoms with Gasteiger partial charge >= 0.3 is 0 Å². The van der Waals surface area contributed by atoms with Crippen LogP contribution in [0.25, 0.3) is 0 Å². The molecule has 1 fully saturated rings. The first-order valence-corrected chi connectivity index (χ1v) is 6.56. The van der Waals surface area contributed by atoms with E-state index in [0.29, 0.717) is 6.54 Å². The normalized spacial score (nSPS) is 21.7. The SMILES string of the molecule is Cl.O=C(C1CCCNC1)N1CCc2ccc(F)cc21. The van der Waals surface area contributed by atoms with E-state index in [9.17, 15) is 9.18 Å². The average Bonchev–Trinajstić information content (AvgIpc) is 2.82. The molecule has 0 aliphatic carbocycles. The van der Waals surface area contributed by atoms with Crippen LogP contribution in [-0.2, 0) is 11.2 Å². The number of piperidine rings is 1. The van der Waals surface area contributed by atoms with E-state index >= 15 is 0 Å². The fraction of sp³-hybridized carbons (Fsp3) is 0.500. The van der Waals surface area contributed by atoms with Gasteiger partial charge in [-0.2, -0.15) is 0 Å². The van der Waals surface area contributed by atoms with Crippen LogP contribution in [0, 0.1) is 11.7 Å². The molecule has 1 atom stereocenters. The molecule has 2 aliphatic rings. The smallest absolute Gasteiger partial charge is 0.231 e. The Balaban J connectivity index is 0.00000133. The third-order valence-electron chi connectivity index (χ3n) is 3.86. The first kappa shape index (κ1) is 14.3. The van der Waals surface area contributed by atoms with E-state index in [0.717, 1.165) is 43.6 Å². The summed E-state index contributed by atoms with van der Waals surface area (Å²) in [6, 6.07) is 4.74. The van der Waals surface area contributed by atoms with Crippen molar-refractivity contribution in [3.8, 4) is 0 Å². The van der Waals surface area contributed by atoms with E-state index in [4.69, 9.17) is 0 Å². The van der Waals surface area contributed by atoms with Crippen LogP contribution in [0.15, 0.2) is 18.2 Å². The lowest BCUT2D eigenvalue weighted by atomic mass is 9.98. The van der Waals surface area contributed by atoms with E-state index in [-0.39, 0.29) is 30.0 Å². The van der Waals surface area contributed by atoms with Crippen molar-refractivity contribution in [2.75, 3.05) is 24.5 Å². The van der Waals surface area contributed by atoms with Crippen molar-refractivity contribution in [1.29, 1.82) is 0 Å². The van der Waals surface area contributed by atoms with Gasteiger partial charge in [0.2, 0.25) is 5.91 Å². The monoisotopic (exact) mass is 284 g/mol.